The largest absolute Gasteiger partial charge is 0.496 e. The number of methoxy groups -OCH3 is 1. The van der Waals surface area contributed by atoms with E-state index >= 15 is 0 Å². The van der Waals surface area contributed by atoms with Crippen molar-refractivity contribution in [2.24, 2.45) is 7.05 Å². The van der Waals surface area contributed by atoms with Crippen LogP contribution in [0.5, 0.6) is 5.75 Å². The zero-order valence-corrected chi connectivity index (χ0v) is 13.0. The minimum Gasteiger partial charge on any atom is -0.496 e. The standard InChI is InChI=1S/C13H14Cl2N2OS/c1-17-11(6-14)7-16-13(17)19-8-9-5-10(15)3-4-12(9)18-2/h3-5,7H,6,8H2,1-2H3. The van der Waals surface area contributed by atoms with E-state index in [9.17, 15) is 0 Å². The maximum absolute atomic E-state index is 6.01. The molecule has 0 bridgehead atoms. The fourth-order valence-electron chi connectivity index (χ4n) is 1.69. The first-order chi connectivity index (χ1) is 9.15. The maximum Gasteiger partial charge on any atom is 0.168 e. The van der Waals surface area contributed by atoms with Gasteiger partial charge in [0.05, 0.1) is 24.9 Å². The maximum atomic E-state index is 6.01. The minimum atomic E-state index is 0.463. The van der Waals surface area contributed by atoms with Gasteiger partial charge in [0.25, 0.3) is 0 Å². The molecule has 0 N–H and O–H groups in total. The Labute approximate surface area is 126 Å². The second-order valence-electron chi connectivity index (χ2n) is 3.97. The average molecular weight is 317 g/mol. The predicted molar refractivity (Wildman–Crippen MR) is 80.3 cm³/mol. The molecule has 0 saturated heterocycles. The van der Waals surface area contributed by atoms with Crippen LogP contribution in [0, 0.1) is 0 Å². The summed E-state index contributed by atoms with van der Waals surface area (Å²) in [6.07, 6.45) is 1.80. The Bertz CT molecular complexity index is 572. The highest BCUT2D eigenvalue weighted by Crippen LogP contribution is 2.29. The van der Waals surface area contributed by atoms with Crippen LogP contribution in [-0.4, -0.2) is 16.7 Å². The molecule has 0 radical (unpaired) electrons. The van der Waals surface area contributed by atoms with Crippen LogP contribution >= 0.6 is 35.0 Å². The van der Waals surface area contributed by atoms with Gasteiger partial charge in [0.1, 0.15) is 5.75 Å². The fourth-order valence-corrected chi connectivity index (χ4v) is 3.08. The molecule has 102 valence electrons. The SMILES string of the molecule is COc1ccc(Cl)cc1CSc1ncc(CCl)n1C. The van der Waals surface area contributed by atoms with Gasteiger partial charge in [0, 0.05) is 23.4 Å². The Hall–Kier alpha value is -0.840. The number of hydrogen-bond donors (Lipinski definition) is 0. The van der Waals surface area contributed by atoms with Crippen molar-refractivity contribution in [3.63, 3.8) is 0 Å². The summed E-state index contributed by atoms with van der Waals surface area (Å²) < 4.78 is 7.32. The van der Waals surface area contributed by atoms with Gasteiger partial charge in [-0.05, 0) is 18.2 Å². The van der Waals surface area contributed by atoms with E-state index in [1.807, 2.05) is 29.8 Å². The number of ether oxygens (including phenoxy) is 1. The molecular formula is C13H14Cl2N2OS. The summed E-state index contributed by atoms with van der Waals surface area (Å²) in [5.41, 5.74) is 2.05. The number of imidazole rings is 1. The lowest BCUT2D eigenvalue weighted by atomic mass is 10.2. The molecule has 3 nitrogen and oxygen atoms in total. The third-order valence-corrected chi connectivity index (χ3v) is 4.38. The fraction of sp³-hybridized carbons (Fsp3) is 0.308. The first-order valence-corrected chi connectivity index (χ1v) is 7.57. The van der Waals surface area contributed by atoms with Gasteiger partial charge in [-0.3, -0.25) is 0 Å². The molecule has 0 aliphatic heterocycles. The van der Waals surface area contributed by atoms with E-state index in [1.54, 1.807) is 25.1 Å². The second-order valence-corrected chi connectivity index (χ2v) is 5.62. The highest BCUT2D eigenvalue weighted by molar-refractivity contribution is 7.98. The van der Waals surface area contributed by atoms with Crippen LogP contribution in [0.3, 0.4) is 0 Å². The summed E-state index contributed by atoms with van der Waals surface area (Å²) >= 11 is 13.5. The Balaban J connectivity index is 2.13. The number of hydrogen-bond acceptors (Lipinski definition) is 3. The second kappa shape index (κ2) is 6.55. The van der Waals surface area contributed by atoms with Crippen molar-refractivity contribution < 1.29 is 4.74 Å². The number of benzene rings is 1. The van der Waals surface area contributed by atoms with Crippen molar-refractivity contribution in [2.75, 3.05) is 7.11 Å². The molecule has 0 aliphatic carbocycles. The summed E-state index contributed by atoms with van der Waals surface area (Å²) in [6, 6.07) is 5.61. The van der Waals surface area contributed by atoms with Crippen LogP contribution in [0.15, 0.2) is 29.6 Å². The van der Waals surface area contributed by atoms with Crippen molar-refractivity contribution in [3.05, 3.63) is 40.7 Å². The van der Waals surface area contributed by atoms with Gasteiger partial charge >= 0.3 is 0 Å². The van der Waals surface area contributed by atoms with E-state index < -0.39 is 0 Å². The van der Waals surface area contributed by atoms with Crippen LogP contribution in [0.25, 0.3) is 0 Å². The van der Waals surface area contributed by atoms with Gasteiger partial charge in [-0.1, -0.05) is 23.4 Å². The Morgan fingerprint density at radius 1 is 1.42 bits per heavy atom. The van der Waals surface area contributed by atoms with Crippen LogP contribution in [-0.2, 0) is 18.7 Å². The zero-order valence-electron chi connectivity index (χ0n) is 10.7. The Kier molecular flexibility index (Phi) is 5.02. The zero-order chi connectivity index (χ0) is 13.8. The van der Waals surface area contributed by atoms with E-state index in [4.69, 9.17) is 27.9 Å². The van der Waals surface area contributed by atoms with Crippen LogP contribution in [0.4, 0.5) is 0 Å². The number of aromatic nitrogens is 2. The first-order valence-electron chi connectivity index (χ1n) is 5.67. The van der Waals surface area contributed by atoms with E-state index in [1.165, 1.54) is 0 Å². The molecule has 0 aliphatic rings. The molecule has 2 rings (SSSR count). The molecule has 1 heterocycles. The summed E-state index contributed by atoms with van der Waals surface area (Å²) in [7, 11) is 3.62. The lowest BCUT2D eigenvalue weighted by Crippen LogP contribution is -1.96. The first kappa shape index (κ1) is 14.6. The summed E-state index contributed by atoms with van der Waals surface area (Å²) in [5, 5.41) is 1.63. The third-order valence-electron chi connectivity index (χ3n) is 2.78. The number of halogens is 2. The van der Waals surface area contributed by atoms with Gasteiger partial charge in [-0.2, -0.15) is 0 Å². The molecule has 0 amide bonds. The normalized spacial score (nSPS) is 10.7. The molecule has 0 saturated carbocycles. The molecule has 0 atom stereocenters. The van der Waals surface area contributed by atoms with Gasteiger partial charge in [0.15, 0.2) is 5.16 Å². The molecular weight excluding hydrogens is 303 g/mol. The lowest BCUT2D eigenvalue weighted by Gasteiger charge is -2.09. The average Bonchev–Trinajstić information content (AvgIpc) is 2.77. The third kappa shape index (κ3) is 3.38. The van der Waals surface area contributed by atoms with Crippen molar-refractivity contribution in [1.29, 1.82) is 0 Å². The number of rotatable bonds is 5. The molecule has 1 aromatic heterocycles. The van der Waals surface area contributed by atoms with Gasteiger partial charge in [-0.25, -0.2) is 4.98 Å². The number of thioether (sulfide) groups is 1. The topological polar surface area (TPSA) is 27.1 Å². The molecule has 19 heavy (non-hydrogen) atoms. The molecule has 0 fully saturated rings. The molecule has 0 spiro atoms. The van der Waals surface area contributed by atoms with Gasteiger partial charge in [0.2, 0.25) is 0 Å². The lowest BCUT2D eigenvalue weighted by molar-refractivity contribution is 0.411. The number of nitrogens with zero attached hydrogens (tertiary/aromatic N) is 2. The van der Waals surface area contributed by atoms with E-state index in [0.717, 1.165) is 27.9 Å². The van der Waals surface area contributed by atoms with E-state index in [0.29, 0.717) is 10.9 Å². The van der Waals surface area contributed by atoms with Crippen molar-refractivity contribution >= 4 is 35.0 Å². The highest BCUT2D eigenvalue weighted by Gasteiger charge is 2.09. The molecule has 6 heteroatoms. The molecule has 1 aromatic carbocycles. The smallest absolute Gasteiger partial charge is 0.168 e. The Morgan fingerprint density at radius 3 is 2.84 bits per heavy atom. The summed E-state index contributed by atoms with van der Waals surface area (Å²) in [5.74, 6) is 2.05. The van der Waals surface area contributed by atoms with Crippen LogP contribution in [0.1, 0.15) is 11.3 Å². The van der Waals surface area contributed by atoms with Gasteiger partial charge < -0.3 is 9.30 Å². The van der Waals surface area contributed by atoms with Crippen molar-refractivity contribution in [1.82, 2.24) is 9.55 Å². The van der Waals surface area contributed by atoms with E-state index in [2.05, 4.69) is 4.98 Å². The van der Waals surface area contributed by atoms with E-state index in [-0.39, 0.29) is 0 Å². The molecule has 0 unspecified atom stereocenters. The summed E-state index contributed by atoms with van der Waals surface area (Å²) in [4.78, 5) is 4.35. The monoisotopic (exact) mass is 316 g/mol. The quantitative estimate of drug-likeness (QED) is 0.613. The Morgan fingerprint density at radius 2 is 2.21 bits per heavy atom. The number of alkyl halides is 1. The van der Waals surface area contributed by atoms with Gasteiger partial charge in [-0.15, -0.1) is 11.6 Å². The minimum absolute atomic E-state index is 0.463. The van der Waals surface area contributed by atoms with Crippen LogP contribution in [0.2, 0.25) is 5.02 Å². The highest BCUT2D eigenvalue weighted by atomic mass is 35.5. The summed E-state index contributed by atoms with van der Waals surface area (Å²) in [6.45, 7) is 0. The predicted octanol–water partition coefficient (Wildman–Crippen LogP) is 4.11. The van der Waals surface area contributed by atoms with Crippen molar-refractivity contribution in [3.8, 4) is 5.75 Å². The molecule has 2 aromatic rings. The van der Waals surface area contributed by atoms with Crippen molar-refractivity contribution in [2.45, 2.75) is 16.8 Å². The van der Waals surface area contributed by atoms with Crippen LogP contribution < -0.4 is 4.74 Å².